The van der Waals surface area contributed by atoms with Crippen LogP contribution in [0.4, 0.5) is 11.4 Å². The van der Waals surface area contributed by atoms with Crippen LogP contribution in [0.3, 0.4) is 0 Å². The van der Waals surface area contributed by atoms with E-state index in [0.717, 1.165) is 12.1 Å². The molecule has 0 N–H and O–H groups in total. The van der Waals surface area contributed by atoms with Crippen molar-refractivity contribution in [1.82, 2.24) is 0 Å². The first-order valence-electron chi connectivity index (χ1n) is 7.30. The standard InChI is InChI=1S/C16H18N2O5S.Na/c1-2-13-3-5-14(6-4-13)17-18-15-7-9-16(10-8-15)22-11-12-23-24(19,20)21;/h3-10H,2,11-12H2,1H3,(H,19,20,21);/q;+1/p-1. The number of rotatable bonds is 8. The summed E-state index contributed by atoms with van der Waals surface area (Å²) in [7, 11) is -4.68. The summed E-state index contributed by atoms with van der Waals surface area (Å²) in [6, 6.07) is 14.6. The van der Waals surface area contributed by atoms with Gasteiger partial charge in [0.15, 0.2) is 0 Å². The van der Waals surface area contributed by atoms with Crippen LogP contribution in [-0.4, -0.2) is 26.2 Å². The molecule has 0 heterocycles. The zero-order valence-electron chi connectivity index (χ0n) is 14.1. The second-order valence-corrected chi connectivity index (χ2v) is 5.84. The van der Waals surface area contributed by atoms with Crippen LogP contribution >= 0.6 is 0 Å². The van der Waals surface area contributed by atoms with E-state index in [9.17, 15) is 13.0 Å². The Balaban J connectivity index is 0.00000312. The Morgan fingerprint density at radius 3 is 1.92 bits per heavy atom. The smallest absolute Gasteiger partial charge is 0.726 e. The Hall–Kier alpha value is -1.29. The van der Waals surface area contributed by atoms with Crippen LogP contribution in [0.15, 0.2) is 58.8 Å². The summed E-state index contributed by atoms with van der Waals surface area (Å²) in [5, 5.41) is 8.27. The van der Waals surface area contributed by atoms with Crippen molar-refractivity contribution < 1.29 is 51.4 Å². The number of hydrogen-bond donors (Lipinski definition) is 0. The zero-order chi connectivity index (χ0) is 17.4. The molecule has 0 saturated heterocycles. The van der Waals surface area contributed by atoms with E-state index >= 15 is 0 Å². The van der Waals surface area contributed by atoms with Crippen LogP contribution in [0.2, 0.25) is 0 Å². The third-order valence-corrected chi connectivity index (χ3v) is 3.50. The molecule has 9 heteroatoms. The molecule has 0 aromatic heterocycles. The van der Waals surface area contributed by atoms with E-state index in [1.54, 1.807) is 24.3 Å². The average Bonchev–Trinajstić information content (AvgIpc) is 2.57. The Kier molecular flexibility index (Phi) is 9.26. The maximum Gasteiger partial charge on any atom is 1.00 e. The van der Waals surface area contributed by atoms with Crippen LogP contribution < -0.4 is 34.3 Å². The van der Waals surface area contributed by atoms with Gasteiger partial charge in [0, 0.05) is 0 Å². The van der Waals surface area contributed by atoms with E-state index < -0.39 is 10.4 Å². The summed E-state index contributed by atoms with van der Waals surface area (Å²) < 4.78 is 40.0. The molecule has 0 aliphatic carbocycles. The van der Waals surface area contributed by atoms with Gasteiger partial charge in [0.1, 0.15) is 12.4 Å². The summed E-state index contributed by atoms with van der Waals surface area (Å²) in [4.78, 5) is 0. The molecule has 2 rings (SSSR count). The van der Waals surface area contributed by atoms with Crippen molar-refractivity contribution in [2.75, 3.05) is 13.2 Å². The van der Waals surface area contributed by atoms with Crippen LogP contribution in [0.5, 0.6) is 5.75 Å². The summed E-state index contributed by atoms with van der Waals surface area (Å²) >= 11 is 0. The van der Waals surface area contributed by atoms with Crippen LogP contribution in [0.25, 0.3) is 0 Å². The molecule has 25 heavy (non-hydrogen) atoms. The molecule has 128 valence electrons. The van der Waals surface area contributed by atoms with Gasteiger partial charge in [0.25, 0.3) is 0 Å². The van der Waals surface area contributed by atoms with E-state index in [0.29, 0.717) is 11.4 Å². The Morgan fingerprint density at radius 2 is 1.44 bits per heavy atom. The molecular formula is C16H17N2NaO5S. The number of nitrogens with zero attached hydrogens (tertiary/aromatic N) is 2. The second kappa shape index (κ2) is 10.6. The molecule has 0 saturated carbocycles. The Bertz CT molecular complexity index is 777. The SMILES string of the molecule is CCc1ccc(N=Nc2ccc(OCCOS(=O)(=O)[O-])cc2)cc1.[Na+]. The average molecular weight is 372 g/mol. The molecule has 0 unspecified atom stereocenters. The van der Waals surface area contributed by atoms with Gasteiger partial charge in [-0.1, -0.05) is 19.1 Å². The first-order chi connectivity index (χ1) is 11.5. The van der Waals surface area contributed by atoms with Crippen molar-refractivity contribution in [3.05, 3.63) is 54.1 Å². The zero-order valence-corrected chi connectivity index (χ0v) is 16.9. The summed E-state index contributed by atoms with van der Waals surface area (Å²) in [5.74, 6) is 0.508. The van der Waals surface area contributed by atoms with E-state index in [1.165, 1.54) is 5.56 Å². The molecule has 2 aromatic rings. The molecule has 0 aliphatic rings. The summed E-state index contributed by atoms with van der Waals surface area (Å²) in [5.41, 5.74) is 2.66. The van der Waals surface area contributed by atoms with Crippen molar-refractivity contribution in [2.24, 2.45) is 10.2 Å². The quantitative estimate of drug-likeness (QED) is 0.221. The van der Waals surface area contributed by atoms with Gasteiger partial charge in [-0.05, 0) is 48.4 Å². The molecule has 0 radical (unpaired) electrons. The van der Waals surface area contributed by atoms with Gasteiger partial charge in [0.05, 0.1) is 18.0 Å². The van der Waals surface area contributed by atoms with Gasteiger partial charge in [-0.3, -0.25) is 4.18 Å². The molecule has 0 fully saturated rings. The van der Waals surface area contributed by atoms with Gasteiger partial charge in [-0.25, -0.2) is 8.42 Å². The largest absolute Gasteiger partial charge is 1.00 e. The predicted octanol–water partition coefficient (Wildman–Crippen LogP) is 0.524. The Labute approximate surface area is 169 Å². The molecular weight excluding hydrogens is 355 g/mol. The minimum atomic E-state index is -4.68. The van der Waals surface area contributed by atoms with E-state index in [4.69, 9.17) is 4.74 Å². The van der Waals surface area contributed by atoms with Crippen molar-refractivity contribution >= 4 is 21.8 Å². The van der Waals surface area contributed by atoms with Crippen molar-refractivity contribution in [1.29, 1.82) is 0 Å². The van der Waals surface area contributed by atoms with Crippen molar-refractivity contribution in [2.45, 2.75) is 13.3 Å². The van der Waals surface area contributed by atoms with E-state index in [1.807, 2.05) is 24.3 Å². The van der Waals surface area contributed by atoms with Gasteiger partial charge in [-0.15, -0.1) is 0 Å². The number of azo groups is 1. The minimum absolute atomic E-state index is 0. The maximum absolute atomic E-state index is 10.3. The second-order valence-electron chi connectivity index (χ2n) is 4.79. The van der Waals surface area contributed by atoms with Gasteiger partial charge in [-0.2, -0.15) is 10.2 Å². The molecule has 0 atom stereocenters. The summed E-state index contributed by atoms with van der Waals surface area (Å²) in [6.45, 7) is 1.71. The number of benzene rings is 2. The maximum atomic E-state index is 10.3. The first-order valence-corrected chi connectivity index (χ1v) is 8.63. The monoisotopic (exact) mass is 372 g/mol. The fourth-order valence-corrected chi connectivity index (χ4v) is 2.09. The number of hydrogen-bond acceptors (Lipinski definition) is 7. The number of aryl methyl sites for hydroxylation is 1. The fraction of sp³-hybridized carbons (Fsp3) is 0.250. The fourth-order valence-electron chi connectivity index (χ4n) is 1.82. The minimum Gasteiger partial charge on any atom is -0.726 e. The van der Waals surface area contributed by atoms with Crippen LogP contribution in [0, 0.1) is 0 Å². The van der Waals surface area contributed by atoms with Crippen LogP contribution in [0.1, 0.15) is 12.5 Å². The Morgan fingerprint density at radius 1 is 0.920 bits per heavy atom. The molecule has 2 aromatic carbocycles. The molecule has 0 spiro atoms. The molecule has 0 amide bonds. The first kappa shape index (κ1) is 21.8. The number of ether oxygens (including phenoxy) is 1. The molecule has 0 aliphatic heterocycles. The third kappa shape index (κ3) is 8.57. The van der Waals surface area contributed by atoms with Crippen LogP contribution in [-0.2, 0) is 21.0 Å². The third-order valence-electron chi connectivity index (χ3n) is 3.04. The van der Waals surface area contributed by atoms with E-state index in [2.05, 4.69) is 21.3 Å². The van der Waals surface area contributed by atoms with Crippen molar-refractivity contribution in [3.8, 4) is 5.75 Å². The van der Waals surface area contributed by atoms with Crippen molar-refractivity contribution in [3.63, 3.8) is 0 Å². The summed E-state index contributed by atoms with van der Waals surface area (Å²) in [6.07, 6.45) is 0.977. The normalized spacial score (nSPS) is 11.3. The van der Waals surface area contributed by atoms with Gasteiger partial charge < -0.3 is 9.29 Å². The molecule has 0 bridgehead atoms. The predicted molar refractivity (Wildman–Crippen MR) is 87.6 cm³/mol. The van der Waals surface area contributed by atoms with Gasteiger partial charge in [0.2, 0.25) is 10.4 Å². The topological polar surface area (TPSA) is 100 Å². The van der Waals surface area contributed by atoms with Gasteiger partial charge >= 0.3 is 29.6 Å². The molecule has 7 nitrogen and oxygen atoms in total. The van der Waals surface area contributed by atoms with E-state index in [-0.39, 0.29) is 42.8 Å².